The van der Waals surface area contributed by atoms with Gasteiger partial charge in [0.1, 0.15) is 0 Å². The molecule has 2 atom stereocenters. The summed E-state index contributed by atoms with van der Waals surface area (Å²) < 4.78 is 0. The fourth-order valence-electron chi connectivity index (χ4n) is 2.25. The van der Waals surface area contributed by atoms with Crippen molar-refractivity contribution in [1.82, 2.24) is 5.32 Å². The number of amides is 1. The summed E-state index contributed by atoms with van der Waals surface area (Å²) in [6, 6.07) is 0. The monoisotopic (exact) mass is 181 g/mol. The average molecular weight is 181 g/mol. The van der Waals surface area contributed by atoms with E-state index in [4.69, 9.17) is 0 Å². The molecular weight excluding hydrogens is 162 g/mol. The van der Waals surface area contributed by atoms with Gasteiger partial charge in [0.2, 0.25) is 5.91 Å². The maximum atomic E-state index is 11.6. The van der Waals surface area contributed by atoms with E-state index in [1.165, 1.54) is 19.3 Å². The van der Waals surface area contributed by atoms with Crippen LogP contribution in [0.4, 0.5) is 0 Å². The van der Waals surface area contributed by atoms with E-state index in [-0.39, 0.29) is 0 Å². The van der Waals surface area contributed by atoms with Crippen molar-refractivity contribution in [1.29, 1.82) is 0 Å². The Morgan fingerprint density at radius 1 is 1.38 bits per heavy atom. The van der Waals surface area contributed by atoms with Crippen molar-refractivity contribution in [2.45, 2.75) is 39.0 Å². The third-order valence-corrected chi connectivity index (χ3v) is 3.54. The number of hydrogen-bond acceptors (Lipinski definition) is 1. The highest BCUT2D eigenvalue weighted by atomic mass is 16.1. The first-order chi connectivity index (χ1) is 6.27. The summed E-state index contributed by atoms with van der Waals surface area (Å²) in [7, 11) is 0. The lowest BCUT2D eigenvalue weighted by Crippen LogP contribution is -2.31. The Kier molecular flexibility index (Phi) is 2.56. The summed E-state index contributed by atoms with van der Waals surface area (Å²) in [5.41, 5.74) is 0. The van der Waals surface area contributed by atoms with E-state index in [0.717, 1.165) is 31.2 Å². The van der Waals surface area contributed by atoms with Crippen LogP contribution in [0.1, 0.15) is 39.0 Å². The van der Waals surface area contributed by atoms with Gasteiger partial charge in [0.25, 0.3) is 0 Å². The Bertz CT molecular complexity index is 196. The quantitative estimate of drug-likeness (QED) is 0.708. The first-order valence-electron chi connectivity index (χ1n) is 5.55. The summed E-state index contributed by atoms with van der Waals surface area (Å²) in [6.45, 7) is 3.18. The van der Waals surface area contributed by atoms with Crippen molar-refractivity contribution in [2.24, 2.45) is 17.8 Å². The molecule has 2 heteroatoms. The maximum absolute atomic E-state index is 11.6. The zero-order chi connectivity index (χ0) is 9.26. The molecule has 2 aliphatic carbocycles. The van der Waals surface area contributed by atoms with Crippen LogP contribution in [0.2, 0.25) is 0 Å². The first kappa shape index (κ1) is 9.04. The van der Waals surface area contributed by atoms with Crippen molar-refractivity contribution < 1.29 is 4.79 Å². The van der Waals surface area contributed by atoms with Crippen LogP contribution in [-0.2, 0) is 4.79 Å². The van der Waals surface area contributed by atoms with Crippen molar-refractivity contribution in [2.75, 3.05) is 6.54 Å². The van der Waals surface area contributed by atoms with Gasteiger partial charge < -0.3 is 5.32 Å². The number of carbonyl (C=O) groups is 1. The zero-order valence-electron chi connectivity index (χ0n) is 8.38. The van der Waals surface area contributed by atoms with Crippen LogP contribution in [0.25, 0.3) is 0 Å². The molecule has 0 aromatic rings. The topological polar surface area (TPSA) is 29.1 Å². The smallest absolute Gasteiger partial charge is 0.223 e. The molecule has 2 aliphatic rings. The molecule has 2 fully saturated rings. The number of rotatable bonds is 3. The highest BCUT2D eigenvalue weighted by Gasteiger charge is 2.33. The third kappa shape index (κ3) is 2.23. The zero-order valence-corrected chi connectivity index (χ0v) is 8.38. The molecule has 2 nitrogen and oxygen atoms in total. The Labute approximate surface area is 80.1 Å². The van der Waals surface area contributed by atoms with E-state index in [1.807, 2.05) is 0 Å². The Balaban J connectivity index is 1.66. The van der Waals surface area contributed by atoms with Crippen LogP contribution in [0.15, 0.2) is 0 Å². The van der Waals surface area contributed by atoms with E-state index in [2.05, 4.69) is 12.2 Å². The van der Waals surface area contributed by atoms with Gasteiger partial charge in [0.05, 0.1) is 0 Å². The highest BCUT2D eigenvalue weighted by molar-refractivity contribution is 5.78. The first-order valence-corrected chi connectivity index (χ1v) is 5.55. The maximum Gasteiger partial charge on any atom is 0.223 e. The van der Waals surface area contributed by atoms with E-state index < -0.39 is 0 Å². The van der Waals surface area contributed by atoms with E-state index >= 15 is 0 Å². The largest absolute Gasteiger partial charge is 0.356 e. The second-order valence-corrected chi connectivity index (χ2v) is 4.70. The Morgan fingerprint density at radius 2 is 2.00 bits per heavy atom. The fraction of sp³-hybridized carbons (Fsp3) is 0.909. The molecule has 2 unspecified atom stereocenters. The van der Waals surface area contributed by atoms with Gasteiger partial charge in [-0.3, -0.25) is 4.79 Å². The van der Waals surface area contributed by atoms with E-state index in [9.17, 15) is 4.79 Å². The summed E-state index contributed by atoms with van der Waals surface area (Å²) in [4.78, 5) is 11.6. The number of carbonyl (C=O) groups excluding carboxylic acids is 1. The molecule has 0 aromatic heterocycles. The molecule has 0 aromatic carbocycles. The van der Waals surface area contributed by atoms with Gasteiger partial charge in [-0.2, -0.15) is 0 Å². The van der Waals surface area contributed by atoms with Gasteiger partial charge in [0, 0.05) is 12.5 Å². The molecule has 0 heterocycles. The minimum Gasteiger partial charge on any atom is -0.356 e. The molecule has 0 aliphatic heterocycles. The van der Waals surface area contributed by atoms with Crippen molar-refractivity contribution in [3.63, 3.8) is 0 Å². The van der Waals surface area contributed by atoms with Crippen molar-refractivity contribution in [3.05, 3.63) is 0 Å². The van der Waals surface area contributed by atoms with Crippen LogP contribution >= 0.6 is 0 Å². The minimum absolute atomic E-state index is 0.316. The number of hydrogen-bond donors (Lipinski definition) is 1. The molecule has 0 saturated heterocycles. The van der Waals surface area contributed by atoms with Crippen LogP contribution < -0.4 is 5.32 Å². The summed E-state index contributed by atoms with van der Waals surface area (Å²) >= 11 is 0. The molecular formula is C11H19NO. The predicted molar refractivity (Wildman–Crippen MR) is 52.2 cm³/mol. The molecule has 0 radical (unpaired) electrons. The average Bonchev–Trinajstić information content (AvgIpc) is 2.67. The predicted octanol–water partition coefficient (Wildman–Crippen LogP) is 1.95. The van der Waals surface area contributed by atoms with Gasteiger partial charge in [-0.15, -0.1) is 0 Å². The molecule has 0 spiro atoms. The van der Waals surface area contributed by atoms with Crippen LogP contribution in [0.5, 0.6) is 0 Å². The highest BCUT2D eigenvalue weighted by Crippen LogP contribution is 2.37. The summed E-state index contributed by atoms with van der Waals surface area (Å²) in [5.74, 6) is 2.29. The van der Waals surface area contributed by atoms with E-state index in [0.29, 0.717) is 11.8 Å². The standard InChI is InChI=1S/C11H19NO/c1-8-6-10(8)7-12-11(13)9-4-2-3-5-9/h8-10H,2-7H2,1H3,(H,12,13). The molecule has 2 saturated carbocycles. The van der Waals surface area contributed by atoms with Gasteiger partial charge in [-0.25, -0.2) is 0 Å². The second kappa shape index (κ2) is 3.69. The van der Waals surface area contributed by atoms with Crippen molar-refractivity contribution in [3.8, 4) is 0 Å². The summed E-state index contributed by atoms with van der Waals surface area (Å²) in [6.07, 6.45) is 6.04. The van der Waals surface area contributed by atoms with E-state index in [1.54, 1.807) is 0 Å². The van der Waals surface area contributed by atoms with Crippen LogP contribution in [-0.4, -0.2) is 12.5 Å². The molecule has 0 bridgehead atoms. The van der Waals surface area contributed by atoms with Gasteiger partial charge >= 0.3 is 0 Å². The Hall–Kier alpha value is -0.530. The van der Waals surface area contributed by atoms with Crippen LogP contribution in [0.3, 0.4) is 0 Å². The normalized spacial score (nSPS) is 33.3. The lowest BCUT2D eigenvalue weighted by Gasteiger charge is -2.09. The fourth-order valence-corrected chi connectivity index (χ4v) is 2.25. The third-order valence-electron chi connectivity index (χ3n) is 3.54. The molecule has 2 rings (SSSR count). The lowest BCUT2D eigenvalue weighted by molar-refractivity contribution is -0.124. The van der Waals surface area contributed by atoms with Crippen LogP contribution in [0, 0.1) is 17.8 Å². The molecule has 74 valence electrons. The van der Waals surface area contributed by atoms with Crippen molar-refractivity contribution >= 4 is 5.91 Å². The molecule has 13 heavy (non-hydrogen) atoms. The second-order valence-electron chi connectivity index (χ2n) is 4.70. The van der Waals surface area contributed by atoms with Gasteiger partial charge in [-0.05, 0) is 31.1 Å². The lowest BCUT2D eigenvalue weighted by atomic mass is 10.1. The van der Waals surface area contributed by atoms with Gasteiger partial charge in [-0.1, -0.05) is 19.8 Å². The van der Waals surface area contributed by atoms with Gasteiger partial charge in [0.15, 0.2) is 0 Å². The SMILES string of the molecule is CC1CC1CNC(=O)C1CCCC1. The molecule has 1 N–H and O–H groups in total. The Morgan fingerprint density at radius 3 is 2.54 bits per heavy atom. The number of nitrogens with one attached hydrogen (secondary N) is 1. The molecule has 1 amide bonds. The summed E-state index contributed by atoms with van der Waals surface area (Å²) in [5, 5.41) is 3.08. The minimum atomic E-state index is 0.316.